The molecular formula is C32H38FN5O3. The van der Waals surface area contributed by atoms with Crippen LogP contribution in [0, 0.1) is 0 Å². The summed E-state index contributed by atoms with van der Waals surface area (Å²) in [5.41, 5.74) is 3.20. The number of piperazine rings is 1. The largest absolute Gasteiger partial charge is 0.508 e. The van der Waals surface area contributed by atoms with Crippen LogP contribution in [0.4, 0.5) is 10.2 Å². The number of alkyl halides is 1. The fourth-order valence-corrected chi connectivity index (χ4v) is 6.78. The lowest BCUT2D eigenvalue weighted by atomic mass is 9.80. The zero-order valence-corrected chi connectivity index (χ0v) is 23.8. The highest BCUT2D eigenvalue weighted by atomic mass is 19.1. The Balaban J connectivity index is 1.33. The number of benzene rings is 2. The average molecular weight is 560 g/mol. The van der Waals surface area contributed by atoms with E-state index in [2.05, 4.69) is 24.5 Å². The normalized spacial score (nSPS) is 24.9. The van der Waals surface area contributed by atoms with Crippen LogP contribution >= 0.6 is 0 Å². The van der Waals surface area contributed by atoms with Gasteiger partial charge in [-0.15, -0.1) is 0 Å². The topological polar surface area (TPSA) is 82.0 Å². The fourth-order valence-electron chi connectivity index (χ4n) is 6.78. The molecule has 1 N–H and O–H groups in total. The number of carbonyl (C=O) groups is 1. The molecule has 216 valence electrons. The third kappa shape index (κ3) is 5.47. The summed E-state index contributed by atoms with van der Waals surface area (Å²) >= 11 is 0. The van der Waals surface area contributed by atoms with Gasteiger partial charge in [0.1, 0.15) is 24.3 Å². The minimum Gasteiger partial charge on any atom is -0.508 e. The Morgan fingerprint density at radius 2 is 2.05 bits per heavy atom. The molecule has 0 saturated carbocycles. The van der Waals surface area contributed by atoms with Crippen molar-refractivity contribution in [2.24, 2.45) is 0 Å². The number of hydrogen-bond acceptors (Lipinski definition) is 7. The zero-order valence-electron chi connectivity index (χ0n) is 23.8. The van der Waals surface area contributed by atoms with E-state index in [0.29, 0.717) is 51.6 Å². The highest BCUT2D eigenvalue weighted by molar-refractivity contribution is 5.88. The molecular weight excluding hydrogens is 521 g/mol. The first kappa shape index (κ1) is 27.4. The Hall–Kier alpha value is -3.72. The number of rotatable bonds is 6. The number of amides is 1. The maximum atomic E-state index is 14.0. The van der Waals surface area contributed by atoms with Crippen LogP contribution in [0.15, 0.2) is 49.1 Å². The lowest BCUT2D eigenvalue weighted by molar-refractivity contribution is -0.126. The molecule has 0 bridgehead atoms. The summed E-state index contributed by atoms with van der Waals surface area (Å²) in [5, 5.41) is 12.7. The second-order valence-electron chi connectivity index (χ2n) is 11.7. The fraction of sp³-hybridized carbons (Fsp3) is 0.469. The Bertz CT molecular complexity index is 1460. The van der Waals surface area contributed by atoms with Crippen molar-refractivity contribution in [3.05, 3.63) is 65.9 Å². The van der Waals surface area contributed by atoms with E-state index in [-0.39, 0.29) is 29.7 Å². The number of nitrogens with zero attached hydrogens (tertiary/aromatic N) is 5. The molecule has 6 rings (SSSR count). The molecule has 2 saturated heterocycles. The molecule has 3 aromatic rings. The molecule has 1 amide bonds. The lowest BCUT2D eigenvalue weighted by Crippen LogP contribution is -2.54. The maximum absolute atomic E-state index is 14.0. The van der Waals surface area contributed by atoms with Crippen LogP contribution in [0.5, 0.6) is 11.8 Å². The average Bonchev–Trinajstić information content (AvgIpc) is 3.30. The second kappa shape index (κ2) is 11.3. The number of phenolic OH excluding ortho intramolecular Hbond substituents is 1. The molecule has 9 heteroatoms. The number of aromatic hydroxyl groups is 1. The number of phenols is 1. The standard InChI is InChI=1S/C32H38FN5O3/c1-4-30(40)37-11-12-38(20(2)17-37)31-27-10-9-22(28-16-25(39)13-21-7-5-6-8-26(21)28)14-29(27)34-32(35-31)41-19-24-15-23(33)18-36(24)3/h4-8,13,16,20,22-24,39H,1,9-12,14-15,17-19H2,2-3H3. The van der Waals surface area contributed by atoms with Crippen molar-refractivity contribution < 1.29 is 19.0 Å². The van der Waals surface area contributed by atoms with Crippen molar-refractivity contribution in [3.8, 4) is 11.8 Å². The third-order valence-corrected chi connectivity index (χ3v) is 8.98. The molecule has 2 aliphatic heterocycles. The summed E-state index contributed by atoms with van der Waals surface area (Å²) in [4.78, 5) is 28.2. The number of halogens is 1. The molecule has 2 fully saturated rings. The van der Waals surface area contributed by atoms with E-state index in [4.69, 9.17) is 14.7 Å². The van der Waals surface area contributed by atoms with Gasteiger partial charge in [0.05, 0.1) is 5.69 Å². The van der Waals surface area contributed by atoms with Crippen molar-refractivity contribution >= 4 is 22.5 Å². The molecule has 3 heterocycles. The number of hydrogen-bond donors (Lipinski definition) is 1. The quantitative estimate of drug-likeness (QED) is 0.452. The zero-order chi connectivity index (χ0) is 28.7. The van der Waals surface area contributed by atoms with Gasteiger partial charge in [-0.25, -0.2) is 4.39 Å². The predicted molar refractivity (Wildman–Crippen MR) is 157 cm³/mol. The van der Waals surface area contributed by atoms with E-state index in [9.17, 15) is 14.3 Å². The van der Waals surface area contributed by atoms with Gasteiger partial charge in [0.25, 0.3) is 0 Å². The van der Waals surface area contributed by atoms with E-state index in [1.807, 2.05) is 47.2 Å². The van der Waals surface area contributed by atoms with Crippen LogP contribution < -0.4 is 9.64 Å². The van der Waals surface area contributed by atoms with Crippen LogP contribution in [0.3, 0.4) is 0 Å². The van der Waals surface area contributed by atoms with Crippen molar-refractivity contribution in [2.75, 3.05) is 44.7 Å². The monoisotopic (exact) mass is 559 g/mol. The molecule has 0 radical (unpaired) electrons. The van der Waals surface area contributed by atoms with Gasteiger partial charge in [0.15, 0.2) is 0 Å². The highest BCUT2D eigenvalue weighted by Gasteiger charge is 2.34. The summed E-state index contributed by atoms with van der Waals surface area (Å²) in [6.45, 7) is 8.32. The molecule has 1 aliphatic carbocycles. The van der Waals surface area contributed by atoms with Crippen LogP contribution in [-0.2, 0) is 17.6 Å². The van der Waals surface area contributed by atoms with Crippen LogP contribution in [0.2, 0.25) is 0 Å². The Kier molecular flexibility index (Phi) is 7.55. The Morgan fingerprint density at radius 1 is 1.22 bits per heavy atom. The summed E-state index contributed by atoms with van der Waals surface area (Å²) in [7, 11) is 1.92. The molecule has 8 nitrogen and oxygen atoms in total. The number of anilines is 1. The SMILES string of the molecule is C=CC(=O)N1CCN(c2nc(OCC3CC(F)CN3C)nc3c2CCC(c2cc(O)cc4ccccc24)C3)C(C)C1. The van der Waals surface area contributed by atoms with Crippen LogP contribution in [0.1, 0.15) is 42.5 Å². The molecule has 1 aromatic heterocycles. The van der Waals surface area contributed by atoms with Gasteiger partial charge in [0.2, 0.25) is 5.91 Å². The molecule has 4 unspecified atom stereocenters. The summed E-state index contributed by atoms with van der Waals surface area (Å²) in [6.07, 6.45) is 3.37. The number of fused-ring (bicyclic) bond motifs is 2. The predicted octanol–water partition coefficient (Wildman–Crippen LogP) is 4.25. The van der Waals surface area contributed by atoms with Crippen LogP contribution in [-0.4, -0.2) is 88.9 Å². The van der Waals surface area contributed by atoms with Gasteiger partial charge in [-0.05, 0) is 80.1 Å². The first-order chi connectivity index (χ1) is 19.8. The first-order valence-corrected chi connectivity index (χ1v) is 14.6. The van der Waals surface area contributed by atoms with Gasteiger partial charge in [-0.2, -0.15) is 9.97 Å². The van der Waals surface area contributed by atoms with E-state index < -0.39 is 6.17 Å². The van der Waals surface area contributed by atoms with Crippen molar-refractivity contribution in [2.45, 2.75) is 56.8 Å². The van der Waals surface area contributed by atoms with Gasteiger partial charge >= 0.3 is 6.01 Å². The smallest absolute Gasteiger partial charge is 0.318 e. The van der Waals surface area contributed by atoms with Gasteiger partial charge in [-0.1, -0.05) is 30.8 Å². The molecule has 41 heavy (non-hydrogen) atoms. The number of aromatic nitrogens is 2. The second-order valence-corrected chi connectivity index (χ2v) is 11.7. The van der Waals surface area contributed by atoms with E-state index in [1.165, 1.54) is 6.08 Å². The minimum absolute atomic E-state index is 0.0214. The van der Waals surface area contributed by atoms with Crippen molar-refractivity contribution in [3.63, 3.8) is 0 Å². The number of ether oxygens (including phenoxy) is 1. The van der Waals surface area contributed by atoms with E-state index in [0.717, 1.165) is 46.3 Å². The Morgan fingerprint density at radius 3 is 2.80 bits per heavy atom. The number of carbonyl (C=O) groups excluding carboxylic acids is 1. The number of likely N-dealkylation sites (N-methyl/N-ethyl adjacent to an activating group) is 1. The highest BCUT2D eigenvalue weighted by Crippen LogP contribution is 2.40. The first-order valence-electron chi connectivity index (χ1n) is 14.6. The lowest BCUT2D eigenvalue weighted by Gasteiger charge is -2.41. The Labute approximate surface area is 240 Å². The molecule has 2 aromatic carbocycles. The van der Waals surface area contributed by atoms with E-state index >= 15 is 0 Å². The van der Waals surface area contributed by atoms with Gasteiger partial charge in [0, 0.05) is 43.8 Å². The van der Waals surface area contributed by atoms with Gasteiger partial charge < -0.3 is 19.6 Å². The molecule has 0 spiro atoms. The van der Waals surface area contributed by atoms with Crippen molar-refractivity contribution in [1.82, 2.24) is 19.8 Å². The molecule has 3 aliphatic rings. The summed E-state index contributed by atoms with van der Waals surface area (Å²) in [5.74, 6) is 1.26. The number of likely N-dealkylation sites (tertiary alicyclic amines) is 1. The van der Waals surface area contributed by atoms with Crippen LogP contribution in [0.25, 0.3) is 10.8 Å². The summed E-state index contributed by atoms with van der Waals surface area (Å²) < 4.78 is 20.2. The van der Waals surface area contributed by atoms with E-state index in [1.54, 1.807) is 0 Å². The van der Waals surface area contributed by atoms with Gasteiger partial charge in [-0.3, -0.25) is 9.69 Å². The molecule has 4 atom stereocenters. The summed E-state index contributed by atoms with van der Waals surface area (Å²) in [6, 6.07) is 12.2. The minimum atomic E-state index is -0.845. The maximum Gasteiger partial charge on any atom is 0.318 e. The third-order valence-electron chi connectivity index (χ3n) is 8.98. The van der Waals surface area contributed by atoms with Crippen molar-refractivity contribution in [1.29, 1.82) is 0 Å².